The van der Waals surface area contributed by atoms with Crippen LogP contribution in [0.3, 0.4) is 0 Å². The average molecular weight is 387 g/mol. The molecule has 24 heavy (non-hydrogen) atoms. The number of hydrogen-bond acceptors (Lipinski definition) is 6. The number of carboxylic acids is 1. The third kappa shape index (κ3) is 4.31. The predicted molar refractivity (Wildman–Crippen MR) is 94.9 cm³/mol. The molecule has 1 aromatic carbocycles. The highest BCUT2D eigenvalue weighted by Gasteiger charge is 2.31. The van der Waals surface area contributed by atoms with Crippen LogP contribution in [0.15, 0.2) is 23.1 Å². The molecule has 0 spiro atoms. The fourth-order valence-electron chi connectivity index (χ4n) is 1.98. The number of thioether (sulfide) groups is 1. The number of halogens is 1. The maximum absolute atomic E-state index is 12.4. The zero-order chi connectivity index (χ0) is 17.9. The van der Waals surface area contributed by atoms with Gasteiger partial charge in [0.25, 0.3) is 11.6 Å². The smallest absolute Gasteiger partial charge is 0.303 e. The number of carbonyl (C=O) groups excluding carboxylic acids is 1. The number of aliphatic carboxylic acids is 1. The molecule has 1 fully saturated rings. The maximum Gasteiger partial charge on any atom is 0.303 e. The first kappa shape index (κ1) is 18.4. The van der Waals surface area contributed by atoms with Crippen LogP contribution in [0.1, 0.15) is 18.4 Å². The maximum atomic E-state index is 12.4. The molecule has 1 aromatic rings. The molecule has 126 valence electrons. The van der Waals surface area contributed by atoms with E-state index in [4.69, 9.17) is 28.9 Å². The Morgan fingerprint density at radius 2 is 2.21 bits per heavy atom. The van der Waals surface area contributed by atoms with Crippen LogP contribution in [0.4, 0.5) is 5.69 Å². The van der Waals surface area contributed by atoms with E-state index in [1.54, 1.807) is 0 Å². The van der Waals surface area contributed by atoms with Crippen molar-refractivity contribution in [3.05, 3.63) is 43.8 Å². The Kier molecular flexibility index (Phi) is 5.92. The SMILES string of the molecule is O=C(O)CCCN1C(=O)C(=Cc2cc([N+](=O)[O-])ccc2Cl)SC1=S. The van der Waals surface area contributed by atoms with Crippen LogP contribution in [0.5, 0.6) is 0 Å². The molecule has 0 unspecified atom stereocenters. The number of thiocarbonyl (C=S) groups is 1. The summed E-state index contributed by atoms with van der Waals surface area (Å²) in [5.74, 6) is -1.31. The second-order valence-electron chi connectivity index (χ2n) is 4.79. The van der Waals surface area contributed by atoms with Gasteiger partial charge in [-0.15, -0.1) is 0 Å². The molecule has 1 amide bonds. The van der Waals surface area contributed by atoms with Gasteiger partial charge < -0.3 is 5.11 Å². The first-order valence-corrected chi connectivity index (χ1v) is 8.31. The molecule has 1 aliphatic heterocycles. The number of hydrogen-bond donors (Lipinski definition) is 1. The van der Waals surface area contributed by atoms with Crippen molar-refractivity contribution in [3.8, 4) is 0 Å². The van der Waals surface area contributed by atoms with E-state index in [2.05, 4.69) is 0 Å². The van der Waals surface area contributed by atoms with Gasteiger partial charge in [0.05, 0.1) is 9.83 Å². The minimum atomic E-state index is -0.945. The van der Waals surface area contributed by atoms with Gasteiger partial charge in [0.15, 0.2) is 0 Å². The van der Waals surface area contributed by atoms with Crippen molar-refractivity contribution in [1.82, 2.24) is 4.90 Å². The number of benzene rings is 1. The average Bonchev–Trinajstić information content (AvgIpc) is 2.76. The van der Waals surface area contributed by atoms with Crippen molar-refractivity contribution in [3.63, 3.8) is 0 Å². The summed E-state index contributed by atoms with van der Waals surface area (Å²) in [6, 6.07) is 3.94. The lowest BCUT2D eigenvalue weighted by molar-refractivity contribution is -0.384. The van der Waals surface area contributed by atoms with E-state index in [1.807, 2.05) is 0 Å². The first-order valence-electron chi connectivity index (χ1n) is 6.70. The highest BCUT2D eigenvalue weighted by atomic mass is 35.5. The van der Waals surface area contributed by atoms with Crippen molar-refractivity contribution >= 4 is 63.5 Å². The number of non-ortho nitro benzene ring substituents is 1. The summed E-state index contributed by atoms with van der Waals surface area (Å²) in [5, 5.41) is 19.8. The zero-order valence-electron chi connectivity index (χ0n) is 12.1. The summed E-state index contributed by atoms with van der Waals surface area (Å²) in [7, 11) is 0. The fourth-order valence-corrected chi connectivity index (χ4v) is 3.45. The van der Waals surface area contributed by atoms with Crippen LogP contribution in [0, 0.1) is 10.1 Å². The molecule has 0 radical (unpaired) electrons. The van der Waals surface area contributed by atoms with Gasteiger partial charge >= 0.3 is 5.97 Å². The predicted octanol–water partition coefficient (Wildman–Crippen LogP) is 3.31. The number of carbonyl (C=O) groups is 2. The summed E-state index contributed by atoms with van der Waals surface area (Å²) >= 11 is 12.2. The number of rotatable bonds is 6. The molecule has 1 N–H and O–H groups in total. The van der Waals surface area contributed by atoms with Crippen LogP contribution in [-0.2, 0) is 9.59 Å². The number of nitro groups is 1. The molecular formula is C14H11ClN2O5S2. The largest absolute Gasteiger partial charge is 0.481 e. The molecule has 0 bridgehead atoms. The standard InChI is InChI=1S/C14H11ClN2O5S2/c15-10-4-3-9(17(21)22)6-8(10)7-11-13(20)16(14(23)24-11)5-1-2-12(18)19/h3-4,6-7H,1-2,5H2,(H,18,19). The Hall–Kier alpha value is -1.97. The van der Waals surface area contributed by atoms with Crippen molar-refractivity contribution in [2.24, 2.45) is 0 Å². The minimum absolute atomic E-state index is 0.0627. The molecule has 7 nitrogen and oxygen atoms in total. The van der Waals surface area contributed by atoms with Gasteiger partial charge in [-0.05, 0) is 18.6 Å². The lowest BCUT2D eigenvalue weighted by Crippen LogP contribution is -2.29. The van der Waals surface area contributed by atoms with Gasteiger partial charge in [-0.3, -0.25) is 24.6 Å². The van der Waals surface area contributed by atoms with Gasteiger partial charge in [0, 0.05) is 35.7 Å². The fraction of sp³-hybridized carbons (Fsp3) is 0.214. The Labute approximate surface area is 151 Å². The highest BCUT2D eigenvalue weighted by molar-refractivity contribution is 8.26. The van der Waals surface area contributed by atoms with E-state index in [0.717, 1.165) is 11.8 Å². The molecular weight excluding hydrogens is 376 g/mol. The van der Waals surface area contributed by atoms with Gasteiger partial charge in [-0.1, -0.05) is 35.6 Å². The Morgan fingerprint density at radius 3 is 2.83 bits per heavy atom. The molecule has 10 heteroatoms. The Balaban J connectivity index is 2.21. The van der Waals surface area contributed by atoms with Crippen LogP contribution in [-0.4, -0.2) is 37.7 Å². The molecule has 0 saturated carbocycles. The van der Waals surface area contributed by atoms with E-state index in [1.165, 1.54) is 29.2 Å². The topological polar surface area (TPSA) is 101 Å². The molecule has 2 rings (SSSR count). The molecule has 0 atom stereocenters. The van der Waals surface area contributed by atoms with Gasteiger partial charge in [-0.2, -0.15) is 0 Å². The first-order chi connectivity index (χ1) is 11.3. The Bertz CT molecular complexity index is 766. The number of nitro benzene ring substituents is 1. The number of amides is 1. The number of nitrogens with zero attached hydrogens (tertiary/aromatic N) is 2. The summed E-state index contributed by atoms with van der Waals surface area (Å²) in [4.78, 5) is 34.8. The van der Waals surface area contributed by atoms with E-state index in [9.17, 15) is 19.7 Å². The van der Waals surface area contributed by atoms with Crippen molar-refractivity contribution in [1.29, 1.82) is 0 Å². The highest BCUT2D eigenvalue weighted by Crippen LogP contribution is 2.34. The van der Waals surface area contributed by atoms with E-state index >= 15 is 0 Å². The van der Waals surface area contributed by atoms with E-state index < -0.39 is 10.9 Å². The third-order valence-electron chi connectivity index (χ3n) is 3.12. The van der Waals surface area contributed by atoms with Crippen LogP contribution >= 0.6 is 35.6 Å². The summed E-state index contributed by atoms with van der Waals surface area (Å²) in [6.45, 7) is 0.205. The van der Waals surface area contributed by atoms with Crippen molar-refractivity contribution in [2.75, 3.05) is 6.54 Å². The van der Waals surface area contributed by atoms with Crippen LogP contribution in [0.25, 0.3) is 6.08 Å². The normalized spacial score (nSPS) is 16.0. The minimum Gasteiger partial charge on any atom is -0.481 e. The zero-order valence-corrected chi connectivity index (χ0v) is 14.5. The van der Waals surface area contributed by atoms with Crippen LogP contribution in [0.2, 0.25) is 5.02 Å². The Morgan fingerprint density at radius 1 is 1.50 bits per heavy atom. The quantitative estimate of drug-likeness (QED) is 0.346. The monoisotopic (exact) mass is 386 g/mol. The van der Waals surface area contributed by atoms with Gasteiger partial charge in [0.2, 0.25) is 0 Å². The molecule has 0 aliphatic carbocycles. The van der Waals surface area contributed by atoms with Crippen molar-refractivity contribution in [2.45, 2.75) is 12.8 Å². The lowest BCUT2D eigenvalue weighted by Gasteiger charge is -2.13. The summed E-state index contributed by atoms with van der Waals surface area (Å²) in [5.41, 5.74) is 0.208. The molecule has 1 saturated heterocycles. The van der Waals surface area contributed by atoms with Gasteiger partial charge in [0.1, 0.15) is 4.32 Å². The second kappa shape index (κ2) is 7.73. The van der Waals surface area contributed by atoms with Gasteiger partial charge in [-0.25, -0.2) is 0 Å². The molecule has 1 heterocycles. The second-order valence-corrected chi connectivity index (χ2v) is 6.88. The van der Waals surface area contributed by atoms with Crippen molar-refractivity contribution < 1.29 is 19.6 Å². The molecule has 1 aliphatic rings. The third-order valence-corrected chi connectivity index (χ3v) is 4.84. The lowest BCUT2D eigenvalue weighted by atomic mass is 10.2. The van der Waals surface area contributed by atoms with Crippen LogP contribution < -0.4 is 0 Å². The number of carboxylic acid groups (broad SMARTS) is 1. The van der Waals surface area contributed by atoms with E-state index in [0.29, 0.717) is 9.88 Å². The summed E-state index contributed by atoms with van der Waals surface area (Å²) in [6.07, 6.45) is 1.67. The van der Waals surface area contributed by atoms with E-state index in [-0.39, 0.29) is 40.9 Å². The molecule has 0 aromatic heterocycles. The summed E-state index contributed by atoms with van der Waals surface area (Å²) < 4.78 is 0.318.